The van der Waals surface area contributed by atoms with Gasteiger partial charge in [0.05, 0.1) is 13.7 Å². The molecular weight excluding hydrogens is 210 g/mol. The molecule has 86 valence electrons. The second-order valence-electron chi connectivity index (χ2n) is 2.92. The van der Waals surface area contributed by atoms with Crippen molar-refractivity contribution < 1.29 is 14.3 Å². The molecule has 0 aliphatic rings. The largest absolute Gasteiger partial charge is 0.465 e. The second-order valence-corrected chi connectivity index (χ2v) is 2.92. The molecular formula is C10H13N3O3. The lowest BCUT2D eigenvalue weighted by Crippen LogP contribution is -2.27. The van der Waals surface area contributed by atoms with Crippen LogP contribution in [0, 0.1) is 0 Å². The maximum atomic E-state index is 11.3. The zero-order chi connectivity index (χ0) is 12.0. The molecule has 0 radical (unpaired) electrons. The number of esters is 1. The molecule has 1 heterocycles. The number of carbonyl (C=O) groups excluding carboxylic acids is 2. The highest BCUT2D eigenvalue weighted by atomic mass is 16.5. The summed E-state index contributed by atoms with van der Waals surface area (Å²) in [4.78, 5) is 26.3. The molecule has 1 rings (SSSR count). The lowest BCUT2D eigenvalue weighted by atomic mass is 10.2. The smallest absolute Gasteiger partial charge is 0.341 e. The molecule has 0 saturated heterocycles. The van der Waals surface area contributed by atoms with Crippen LogP contribution >= 0.6 is 0 Å². The highest BCUT2D eigenvalue weighted by Crippen LogP contribution is 2.11. The van der Waals surface area contributed by atoms with Crippen molar-refractivity contribution in [2.24, 2.45) is 0 Å². The van der Waals surface area contributed by atoms with Crippen molar-refractivity contribution >= 4 is 17.7 Å². The number of rotatable bonds is 4. The molecule has 0 saturated carbocycles. The SMILES string of the molecule is CNC(=O)CNc1ncccc1C(=O)OC. The topological polar surface area (TPSA) is 80.3 Å². The number of likely N-dealkylation sites (N-methyl/N-ethyl adjacent to an activating group) is 1. The van der Waals surface area contributed by atoms with Crippen LogP contribution in [-0.2, 0) is 9.53 Å². The summed E-state index contributed by atoms with van der Waals surface area (Å²) in [6, 6.07) is 3.20. The standard InChI is InChI=1S/C10H13N3O3/c1-11-8(14)6-13-9-7(10(15)16-2)4-3-5-12-9/h3-5H,6H2,1-2H3,(H,11,14)(H,12,13). The van der Waals surface area contributed by atoms with Gasteiger partial charge in [-0.2, -0.15) is 0 Å². The zero-order valence-corrected chi connectivity index (χ0v) is 9.11. The van der Waals surface area contributed by atoms with Gasteiger partial charge in [0.1, 0.15) is 11.4 Å². The average molecular weight is 223 g/mol. The third kappa shape index (κ3) is 2.94. The van der Waals surface area contributed by atoms with Gasteiger partial charge in [-0.1, -0.05) is 0 Å². The van der Waals surface area contributed by atoms with E-state index in [1.807, 2.05) is 0 Å². The number of hydrogen-bond donors (Lipinski definition) is 2. The number of amides is 1. The van der Waals surface area contributed by atoms with Crippen LogP contribution in [0.25, 0.3) is 0 Å². The van der Waals surface area contributed by atoms with E-state index in [1.165, 1.54) is 20.4 Å². The van der Waals surface area contributed by atoms with Crippen LogP contribution in [-0.4, -0.2) is 37.6 Å². The van der Waals surface area contributed by atoms with E-state index < -0.39 is 5.97 Å². The van der Waals surface area contributed by atoms with Crippen LogP contribution in [0.4, 0.5) is 5.82 Å². The van der Waals surface area contributed by atoms with Crippen molar-refractivity contribution in [2.45, 2.75) is 0 Å². The van der Waals surface area contributed by atoms with E-state index in [9.17, 15) is 9.59 Å². The molecule has 0 atom stereocenters. The number of ether oxygens (including phenoxy) is 1. The number of aromatic nitrogens is 1. The summed E-state index contributed by atoms with van der Waals surface area (Å²) in [6.07, 6.45) is 1.53. The predicted molar refractivity (Wildman–Crippen MR) is 58.1 cm³/mol. The molecule has 1 aromatic heterocycles. The molecule has 0 aliphatic carbocycles. The Morgan fingerprint density at radius 3 is 2.88 bits per heavy atom. The molecule has 6 nitrogen and oxygen atoms in total. The van der Waals surface area contributed by atoms with E-state index in [-0.39, 0.29) is 12.5 Å². The van der Waals surface area contributed by atoms with Gasteiger partial charge in [-0.25, -0.2) is 9.78 Å². The van der Waals surface area contributed by atoms with E-state index in [0.717, 1.165) is 0 Å². The number of nitrogens with zero attached hydrogens (tertiary/aromatic N) is 1. The van der Waals surface area contributed by atoms with Crippen LogP contribution in [0.5, 0.6) is 0 Å². The summed E-state index contributed by atoms with van der Waals surface area (Å²) in [5.41, 5.74) is 0.300. The molecule has 16 heavy (non-hydrogen) atoms. The lowest BCUT2D eigenvalue weighted by molar-refractivity contribution is -0.118. The molecule has 0 bridgehead atoms. The molecule has 1 aromatic rings. The molecule has 1 amide bonds. The lowest BCUT2D eigenvalue weighted by Gasteiger charge is -2.08. The van der Waals surface area contributed by atoms with Gasteiger partial charge in [-0.15, -0.1) is 0 Å². The Labute approximate surface area is 93.0 Å². The predicted octanol–water partition coefficient (Wildman–Crippen LogP) is 0.0261. The van der Waals surface area contributed by atoms with E-state index in [1.54, 1.807) is 12.1 Å². The first-order valence-electron chi connectivity index (χ1n) is 4.66. The fourth-order valence-electron chi connectivity index (χ4n) is 1.07. The summed E-state index contributed by atoms with van der Waals surface area (Å²) in [7, 11) is 2.82. The number of anilines is 1. The molecule has 0 unspecified atom stereocenters. The van der Waals surface area contributed by atoms with Gasteiger partial charge in [0, 0.05) is 13.2 Å². The van der Waals surface area contributed by atoms with Gasteiger partial charge in [-0.05, 0) is 12.1 Å². The van der Waals surface area contributed by atoms with E-state index >= 15 is 0 Å². The third-order valence-electron chi connectivity index (χ3n) is 1.91. The van der Waals surface area contributed by atoms with Crippen molar-refractivity contribution in [1.29, 1.82) is 0 Å². The maximum Gasteiger partial charge on any atom is 0.341 e. The first-order valence-corrected chi connectivity index (χ1v) is 4.66. The molecule has 2 N–H and O–H groups in total. The quantitative estimate of drug-likeness (QED) is 0.704. The van der Waals surface area contributed by atoms with E-state index in [2.05, 4.69) is 20.4 Å². The van der Waals surface area contributed by atoms with E-state index in [0.29, 0.717) is 11.4 Å². The van der Waals surface area contributed by atoms with Crippen LogP contribution < -0.4 is 10.6 Å². The van der Waals surface area contributed by atoms with Gasteiger partial charge in [0.25, 0.3) is 0 Å². The second kappa shape index (κ2) is 5.69. The normalized spacial score (nSPS) is 9.38. The van der Waals surface area contributed by atoms with E-state index in [4.69, 9.17) is 0 Å². The number of carbonyl (C=O) groups is 2. The van der Waals surface area contributed by atoms with Crippen LogP contribution in [0.1, 0.15) is 10.4 Å². The number of pyridine rings is 1. The van der Waals surface area contributed by atoms with Crippen LogP contribution in [0.3, 0.4) is 0 Å². The van der Waals surface area contributed by atoms with Gasteiger partial charge in [-0.3, -0.25) is 4.79 Å². The minimum absolute atomic E-state index is 0.0531. The Morgan fingerprint density at radius 1 is 1.50 bits per heavy atom. The maximum absolute atomic E-state index is 11.3. The highest BCUT2D eigenvalue weighted by molar-refractivity contribution is 5.95. The summed E-state index contributed by atoms with van der Waals surface area (Å²) in [6.45, 7) is 0.0531. The van der Waals surface area contributed by atoms with Gasteiger partial charge in [0.15, 0.2) is 0 Å². The number of hydrogen-bond acceptors (Lipinski definition) is 5. The Hall–Kier alpha value is -2.11. The first-order chi connectivity index (χ1) is 7.69. The van der Waals surface area contributed by atoms with Crippen LogP contribution in [0.15, 0.2) is 18.3 Å². The third-order valence-corrected chi connectivity index (χ3v) is 1.91. The summed E-state index contributed by atoms with van der Waals surface area (Å²) < 4.78 is 4.59. The molecule has 0 aromatic carbocycles. The first kappa shape index (κ1) is 12.0. The fraction of sp³-hybridized carbons (Fsp3) is 0.300. The average Bonchev–Trinajstić information content (AvgIpc) is 2.35. The highest BCUT2D eigenvalue weighted by Gasteiger charge is 2.12. The summed E-state index contributed by atoms with van der Waals surface area (Å²) in [5.74, 6) is -0.355. The fourth-order valence-corrected chi connectivity index (χ4v) is 1.07. The number of nitrogens with one attached hydrogen (secondary N) is 2. The van der Waals surface area contributed by atoms with Gasteiger partial charge >= 0.3 is 5.97 Å². The van der Waals surface area contributed by atoms with Crippen molar-refractivity contribution in [1.82, 2.24) is 10.3 Å². The Kier molecular flexibility index (Phi) is 4.26. The Balaban J connectivity index is 2.79. The number of methoxy groups -OCH3 is 1. The van der Waals surface area contributed by atoms with Gasteiger partial charge in [0.2, 0.25) is 5.91 Å². The van der Waals surface area contributed by atoms with Crippen LogP contribution in [0.2, 0.25) is 0 Å². The van der Waals surface area contributed by atoms with Crippen molar-refractivity contribution in [3.05, 3.63) is 23.9 Å². The minimum atomic E-state index is -0.493. The molecule has 0 spiro atoms. The van der Waals surface area contributed by atoms with Gasteiger partial charge < -0.3 is 15.4 Å². The molecule has 6 heteroatoms. The molecule has 0 fully saturated rings. The van der Waals surface area contributed by atoms with Crippen molar-refractivity contribution in [2.75, 3.05) is 26.0 Å². The molecule has 0 aliphatic heterocycles. The summed E-state index contributed by atoms with van der Waals surface area (Å²) >= 11 is 0. The zero-order valence-electron chi connectivity index (χ0n) is 9.11. The Morgan fingerprint density at radius 2 is 2.25 bits per heavy atom. The van der Waals surface area contributed by atoms with Crippen molar-refractivity contribution in [3.63, 3.8) is 0 Å². The Bertz CT molecular complexity index is 393. The minimum Gasteiger partial charge on any atom is -0.465 e. The summed E-state index contributed by atoms with van der Waals surface area (Å²) in [5, 5.41) is 5.21. The monoisotopic (exact) mass is 223 g/mol. The van der Waals surface area contributed by atoms with Crippen molar-refractivity contribution in [3.8, 4) is 0 Å².